The van der Waals surface area contributed by atoms with Gasteiger partial charge in [-0.05, 0) is 38.7 Å². The first-order valence-corrected chi connectivity index (χ1v) is 11.9. The lowest BCUT2D eigenvalue weighted by Gasteiger charge is -2.34. The van der Waals surface area contributed by atoms with Gasteiger partial charge in [0.05, 0.1) is 22.3 Å². The van der Waals surface area contributed by atoms with Gasteiger partial charge in [-0.25, -0.2) is 14.5 Å². The van der Waals surface area contributed by atoms with Gasteiger partial charge in [-0.2, -0.15) is 18.3 Å². The standard InChI is InChI=1S/C23H25ClF3N7O/c1-13-11-34-19(30-21(13)32-7-5-15(28)12-32)9-17(31-34)18-4-2-3-6-33(18)22(35)20-16(24)8-14(10-29-20)23(25,26)27/h8-11,15,18H,2-7,12,28H2,1H3. The van der Waals surface area contributed by atoms with Crippen LogP contribution in [0.2, 0.25) is 5.02 Å². The van der Waals surface area contributed by atoms with Crippen LogP contribution in [-0.2, 0) is 6.18 Å². The lowest BCUT2D eigenvalue weighted by Crippen LogP contribution is -2.39. The van der Waals surface area contributed by atoms with Crippen LogP contribution in [0.25, 0.3) is 5.65 Å². The zero-order valence-electron chi connectivity index (χ0n) is 19.1. The highest BCUT2D eigenvalue weighted by molar-refractivity contribution is 6.33. The molecule has 3 aromatic rings. The SMILES string of the molecule is Cc1cn2nc(C3CCCCN3C(=O)c3ncc(C(F)(F)F)cc3Cl)cc2nc1N1CCC(N)C1. The van der Waals surface area contributed by atoms with Crippen molar-refractivity contribution in [2.75, 3.05) is 24.5 Å². The summed E-state index contributed by atoms with van der Waals surface area (Å²) >= 11 is 6.06. The maximum atomic E-state index is 13.3. The van der Waals surface area contributed by atoms with Gasteiger partial charge in [0.15, 0.2) is 5.65 Å². The number of hydrogen-bond acceptors (Lipinski definition) is 6. The smallest absolute Gasteiger partial charge is 0.355 e. The summed E-state index contributed by atoms with van der Waals surface area (Å²) in [6.07, 6.45) is 1.20. The second kappa shape index (κ2) is 8.94. The number of carbonyl (C=O) groups is 1. The van der Waals surface area contributed by atoms with Gasteiger partial charge >= 0.3 is 6.18 Å². The molecular formula is C23H25ClF3N7O. The van der Waals surface area contributed by atoms with Crippen molar-refractivity contribution in [1.29, 1.82) is 0 Å². The third kappa shape index (κ3) is 4.54. The number of hydrogen-bond donors (Lipinski definition) is 1. The first-order chi connectivity index (χ1) is 16.6. The molecule has 186 valence electrons. The normalized spacial score (nSPS) is 21.2. The number of aromatic nitrogens is 4. The Morgan fingerprint density at radius 1 is 1.20 bits per heavy atom. The first kappa shape index (κ1) is 23.8. The molecule has 0 spiro atoms. The van der Waals surface area contributed by atoms with Crippen LogP contribution in [0.15, 0.2) is 24.5 Å². The van der Waals surface area contributed by atoms with Crippen LogP contribution in [0.1, 0.15) is 59.0 Å². The number of halogens is 4. The molecule has 0 bridgehead atoms. The molecule has 2 saturated heterocycles. The zero-order valence-corrected chi connectivity index (χ0v) is 19.9. The number of piperidine rings is 1. The van der Waals surface area contributed by atoms with Crippen LogP contribution in [0.4, 0.5) is 19.0 Å². The Labute approximate surface area is 204 Å². The van der Waals surface area contributed by atoms with Gasteiger partial charge in [-0.1, -0.05) is 11.6 Å². The highest BCUT2D eigenvalue weighted by atomic mass is 35.5. The van der Waals surface area contributed by atoms with Crippen LogP contribution >= 0.6 is 11.6 Å². The summed E-state index contributed by atoms with van der Waals surface area (Å²) in [6, 6.07) is 2.36. The predicted octanol–water partition coefficient (Wildman–Crippen LogP) is 4.01. The average Bonchev–Trinajstić information content (AvgIpc) is 3.43. The number of carbonyl (C=O) groups excluding carboxylic acids is 1. The van der Waals surface area contributed by atoms with Crippen molar-refractivity contribution in [3.63, 3.8) is 0 Å². The van der Waals surface area contributed by atoms with Gasteiger partial charge in [0.25, 0.3) is 5.91 Å². The summed E-state index contributed by atoms with van der Waals surface area (Å²) in [7, 11) is 0. The van der Waals surface area contributed by atoms with Crippen LogP contribution in [0.5, 0.6) is 0 Å². The molecule has 2 fully saturated rings. The number of alkyl halides is 3. The van der Waals surface area contributed by atoms with Gasteiger partial charge in [0.1, 0.15) is 11.5 Å². The van der Waals surface area contributed by atoms with Gasteiger partial charge in [-0.3, -0.25) is 4.79 Å². The van der Waals surface area contributed by atoms with Gasteiger partial charge in [0.2, 0.25) is 0 Å². The maximum absolute atomic E-state index is 13.3. The number of anilines is 1. The fourth-order valence-electron chi connectivity index (χ4n) is 4.85. The van der Waals surface area contributed by atoms with E-state index in [1.165, 1.54) is 0 Å². The molecule has 2 N–H and O–H groups in total. The minimum absolute atomic E-state index is 0.125. The summed E-state index contributed by atoms with van der Waals surface area (Å²) in [6.45, 7) is 4.00. The minimum atomic E-state index is -4.59. The third-order valence-corrected chi connectivity index (χ3v) is 6.91. The molecule has 2 aliphatic rings. The van der Waals surface area contributed by atoms with Gasteiger partial charge in [0, 0.05) is 49.7 Å². The molecule has 0 radical (unpaired) electrons. The number of rotatable bonds is 3. The Balaban J connectivity index is 1.45. The van der Waals surface area contributed by atoms with Crippen molar-refractivity contribution >= 4 is 29.0 Å². The Kier molecular flexibility index (Phi) is 6.08. The lowest BCUT2D eigenvalue weighted by atomic mass is 9.99. The molecule has 2 atom stereocenters. The van der Waals surface area contributed by atoms with E-state index in [4.69, 9.17) is 22.3 Å². The second-order valence-corrected chi connectivity index (χ2v) is 9.58. The fraction of sp³-hybridized carbons (Fsp3) is 0.478. The number of nitrogens with two attached hydrogens (primary N) is 1. The van der Waals surface area contributed by atoms with Crippen molar-refractivity contribution < 1.29 is 18.0 Å². The lowest BCUT2D eigenvalue weighted by molar-refractivity contribution is -0.137. The molecule has 8 nitrogen and oxygen atoms in total. The number of pyridine rings is 1. The number of nitrogens with zero attached hydrogens (tertiary/aromatic N) is 6. The quantitative estimate of drug-likeness (QED) is 0.576. The molecule has 12 heteroatoms. The highest BCUT2D eigenvalue weighted by Gasteiger charge is 2.35. The van der Waals surface area contributed by atoms with Crippen molar-refractivity contribution in [2.45, 2.75) is 50.9 Å². The van der Waals surface area contributed by atoms with Crippen LogP contribution < -0.4 is 10.6 Å². The molecule has 0 aliphatic carbocycles. The Hall–Kier alpha value is -2.92. The predicted molar refractivity (Wildman–Crippen MR) is 124 cm³/mol. The summed E-state index contributed by atoms with van der Waals surface area (Å²) in [5.74, 6) is 0.357. The molecule has 35 heavy (non-hydrogen) atoms. The highest BCUT2D eigenvalue weighted by Crippen LogP contribution is 2.35. The summed E-state index contributed by atoms with van der Waals surface area (Å²) in [5, 5.41) is 4.37. The molecule has 0 aromatic carbocycles. The second-order valence-electron chi connectivity index (χ2n) is 9.18. The molecule has 2 aliphatic heterocycles. The van der Waals surface area contributed by atoms with E-state index in [0.29, 0.717) is 30.5 Å². The van der Waals surface area contributed by atoms with Crippen LogP contribution in [0, 0.1) is 6.92 Å². The van der Waals surface area contributed by atoms with E-state index >= 15 is 0 Å². The molecule has 5 rings (SSSR count). The van der Waals surface area contributed by atoms with E-state index in [2.05, 4.69) is 15.0 Å². The van der Waals surface area contributed by atoms with Crippen molar-refractivity contribution in [2.24, 2.45) is 5.73 Å². The topological polar surface area (TPSA) is 92.6 Å². The molecular weight excluding hydrogens is 483 g/mol. The monoisotopic (exact) mass is 507 g/mol. The van der Waals surface area contributed by atoms with E-state index in [9.17, 15) is 18.0 Å². The van der Waals surface area contributed by atoms with Crippen molar-refractivity contribution in [1.82, 2.24) is 24.5 Å². The van der Waals surface area contributed by atoms with E-state index in [1.54, 1.807) is 9.42 Å². The number of aryl methyl sites for hydroxylation is 1. The Morgan fingerprint density at radius 2 is 2.00 bits per heavy atom. The molecule has 3 aromatic heterocycles. The van der Waals surface area contributed by atoms with Crippen LogP contribution in [-0.4, -0.2) is 56.1 Å². The minimum Gasteiger partial charge on any atom is -0.355 e. The summed E-state index contributed by atoms with van der Waals surface area (Å²) in [4.78, 5) is 25.7. The van der Waals surface area contributed by atoms with Crippen molar-refractivity contribution in [3.8, 4) is 0 Å². The largest absolute Gasteiger partial charge is 0.417 e. The molecule has 2 unspecified atom stereocenters. The van der Waals surface area contributed by atoms with Crippen LogP contribution in [0.3, 0.4) is 0 Å². The Bertz CT molecular complexity index is 1280. The van der Waals surface area contributed by atoms with E-state index in [1.807, 2.05) is 19.2 Å². The van der Waals surface area contributed by atoms with Crippen molar-refractivity contribution in [3.05, 3.63) is 52.1 Å². The molecule has 0 saturated carbocycles. The fourth-order valence-corrected chi connectivity index (χ4v) is 5.10. The summed E-state index contributed by atoms with van der Waals surface area (Å²) < 4.78 is 40.7. The van der Waals surface area contributed by atoms with Gasteiger partial charge < -0.3 is 15.5 Å². The van der Waals surface area contributed by atoms with E-state index < -0.39 is 17.6 Å². The summed E-state index contributed by atoms with van der Waals surface area (Å²) in [5.41, 5.74) is 7.17. The average molecular weight is 508 g/mol. The number of likely N-dealkylation sites (tertiary alicyclic amines) is 1. The third-order valence-electron chi connectivity index (χ3n) is 6.62. The zero-order chi connectivity index (χ0) is 24.9. The molecule has 5 heterocycles. The number of amides is 1. The number of fused-ring (bicyclic) bond motifs is 1. The first-order valence-electron chi connectivity index (χ1n) is 11.5. The molecule has 1 amide bonds. The van der Waals surface area contributed by atoms with Gasteiger partial charge in [-0.15, -0.1) is 0 Å². The van der Waals surface area contributed by atoms with E-state index in [-0.39, 0.29) is 22.8 Å². The Morgan fingerprint density at radius 3 is 2.69 bits per heavy atom. The van der Waals surface area contributed by atoms with E-state index in [0.717, 1.165) is 49.8 Å². The maximum Gasteiger partial charge on any atom is 0.417 e.